The number of aryl methyl sites for hydroxylation is 1. The summed E-state index contributed by atoms with van der Waals surface area (Å²) in [4.78, 5) is 30.3. The summed E-state index contributed by atoms with van der Waals surface area (Å²) in [6.07, 6.45) is 1.82. The summed E-state index contributed by atoms with van der Waals surface area (Å²) >= 11 is 0. The second kappa shape index (κ2) is 7.36. The highest BCUT2D eigenvalue weighted by molar-refractivity contribution is 5.91. The van der Waals surface area contributed by atoms with E-state index in [1.807, 2.05) is 12.3 Å². The van der Waals surface area contributed by atoms with Crippen molar-refractivity contribution >= 4 is 33.4 Å². The van der Waals surface area contributed by atoms with Crippen molar-refractivity contribution < 1.29 is 0 Å². The van der Waals surface area contributed by atoms with Crippen LogP contribution in [0.5, 0.6) is 0 Å². The Morgan fingerprint density at radius 2 is 1.90 bits per heavy atom. The molecule has 5 rings (SSSR count). The molecule has 1 atom stereocenters. The van der Waals surface area contributed by atoms with Gasteiger partial charge in [0, 0.05) is 44.3 Å². The number of piperazine rings is 1. The zero-order valence-corrected chi connectivity index (χ0v) is 17.4. The van der Waals surface area contributed by atoms with Crippen molar-refractivity contribution in [1.29, 1.82) is 5.26 Å². The monoisotopic (exact) mass is 411 g/mol. The molecule has 1 fully saturated rings. The first-order chi connectivity index (χ1) is 15.1. The van der Waals surface area contributed by atoms with Crippen LogP contribution in [0.15, 0.2) is 53.5 Å². The van der Waals surface area contributed by atoms with Crippen LogP contribution in [0.3, 0.4) is 0 Å². The van der Waals surface area contributed by atoms with Crippen LogP contribution in [0.2, 0.25) is 0 Å². The SMILES string of the molecule is CC1CN(c2cccc3cccnc23)CCN1c1nc(=O)n(C)c2ccc(C#N)nc12. The molecule has 3 aromatic heterocycles. The van der Waals surface area contributed by atoms with E-state index in [-0.39, 0.29) is 11.7 Å². The fraction of sp³-hybridized carbons (Fsp3) is 0.261. The summed E-state index contributed by atoms with van der Waals surface area (Å²) in [5.41, 5.74) is 3.32. The van der Waals surface area contributed by atoms with Crippen molar-refractivity contribution in [2.45, 2.75) is 13.0 Å². The zero-order chi connectivity index (χ0) is 21.5. The number of aromatic nitrogens is 4. The highest BCUT2D eigenvalue weighted by atomic mass is 16.1. The number of hydrogen-bond donors (Lipinski definition) is 0. The summed E-state index contributed by atoms with van der Waals surface area (Å²) in [6, 6.07) is 15.8. The van der Waals surface area contributed by atoms with Crippen LogP contribution in [-0.2, 0) is 7.05 Å². The van der Waals surface area contributed by atoms with E-state index in [4.69, 9.17) is 0 Å². The van der Waals surface area contributed by atoms with E-state index in [0.29, 0.717) is 29.1 Å². The molecule has 0 N–H and O–H groups in total. The van der Waals surface area contributed by atoms with Crippen LogP contribution in [0, 0.1) is 11.3 Å². The van der Waals surface area contributed by atoms with E-state index >= 15 is 0 Å². The minimum Gasteiger partial charge on any atom is -0.366 e. The predicted molar refractivity (Wildman–Crippen MR) is 120 cm³/mol. The predicted octanol–water partition coefficient (Wildman–Crippen LogP) is 2.46. The van der Waals surface area contributed by atoms with Gasteiger partial charge in [-0.1, -0.05) is 18.2 Å². The highest BCUT2D eigenvalue weighted by Crippen LogP contribution is 2.30. The maximum absolute atomic E-state index is 12.5. The van der Waals surface area contributed by atoms with Crippen LogP contribution < -0.4 is 15.5 Å². The quantitative estimate of drug-likeness (QED) is 0.500. The van der Waals surface area contributed by atoms with E-state index in [1.165, 1.54) is 4.57 Å². The van der Waals surface area contributed by atoms with Crippen LogP contribution in [0.1, 0.15) is 12.6 Å². The van der Waals surface area contributed by atoms with Crippen LogP contribution in [-0.4, -0.2) is 45.2 Å². The minimum atomic E-state index is -0.332. The summed E-state index contributed by atoms with van der Waals surface area (Å²) in [5, 5.41) is 10.4. The van der Waals surface area contributed by atoms with Crippen molar-refractivity contribution in [2.75, 3.05) is 29.4 Å². The van der Waals surface area contributed by atoms with Crippen LogP contribution in [0.4, 0.5) is 11.5 Å². The molecular weight excluding hydrogens is 390 g/mol. The second-order valence-electron chi connectivity index (χ2n) is 7.79. The molecule has 1 unspecified atom stereocenters. The molecule has 4 heterocycles. The molecule has 0 amide bonds. The third-order valence-corrected chi connectivity index (χ3v) is 5.90. The largest absolute Gasteiger partial charge is 0.366 e. The maximum Gasteiger partial charge on any atom is 0.349 e. The van der Waals surface area contributed by atoms with Gasteiger partial charge in [-0.25, -0.2) is 9.78 Å². The molecule has 1 aromatic carbocycles. The average Bonchev–Trinajstić information content (AvgIpc) is 2.81. The van der Waals surface area contributed by atoms with Gasteiger partial charge in [-0.2, -0.15) is 10.2 Å². The lowest BCUT2D eigenvalue weighted by Gasteiger charge is -2.41. The number of nitriles is 1. The molecule has 0 saturated carbocycles. The fourth-order valence-electron chi connectivity index (χ4n) is 4.31. The van der Waals surface area contributed by atoms with Gasteiger partial charge in [0.15, 0.2) is 5.82 Å². The van der Waals surface area contributed by atoms with E-state index in [9.17, 15) is 10.1 Å². The first-order valence-electron chi connectivity index (χ1n) is 10.2. The van der Waals surface area contributed by atoms with Gasteiger partial charge < -0.3 is 9.80 Å². The first kappa shape index (κ1) is 19.0. The van der Waals surface area contributed by atoms with Gasteiger partial charge in [-0.15, -0.1) is 0 Å². The maximum atomic E-state index is 12.5. The van der Waals surface area contributed by atoms with Crippen LogP contribution in [0.25, 0.3) is 21.9 Å². The molecule has 1 aliphatic heterocycles. The molecule has 1 aliphatic rings. The van der Waals surface area contributed by atoms with Crippen molar-refractivity contribution in [3.05, 3.63) is 64.8 Å². The Balaban J connectivity index is 1.53. The fourth-order valence-corrected chi connectivity index (χ4v) is 4.31. The number of pyridine rings is 2. The summed E-state index contributed by atoms with van der Waals surface area (Å²) in [5.74, 6) is 0.540. The molecule has 0 radical (unpaired) electrons. The third kappa shape index (κ3) is 3.15. The second-order valence-corrected chi connectivity index (χ2v) is 7.79. The molecule has 0 aliphatic carbocycles. The smallest absolute Gasteiger partial charge is 0.349 e. The van der Waals surface area contributed by atoms with Crippen LogP contribution >= 0.6 is 0 Å². The number of hydrogen-bond acceptors (Lipinski definition) is 7. The van der Waals surface area contributed by atoms with Crippen molar-refractivity contribution in [2.24, 2.45) is 7.05 Å². The minimum absolute atomic E-state index is 0.0862. The molecule has 4 aromatic rings. The Labute approximate surface area is 179 Å². The van der Waals surface area contributed by atoms with Gasteiger partial charge in [0.1, 0.15) is 17.3 Å². The van der Waals surface area contributed by atoms with Gasteiger partial charge in [0.2, 0.25) is 0 Å². The summed E-state index contributed by atoms with van der Waals surface area (Å²) < 4.78 is 1.47. The lowest BCUT2D eigenvalue weighted by molar-refractivity contribution is 0.546. The van der Waals surface area contributed by atoms with Gasteiger partial charge in [-0.05, 0) is 31.2 Å². The topological polar surface area (TPSA) is 90.9 Å². The number of nitrogens with zero attached hydrogens (tertiary/aromatic N) is 7. The number of para-hydroxylation sites is 1. The number of anilines is 2. The zero-order valence-electron chi connectivity index (χ0n) is 17.4. The number of fused-ring (bicyclic) bond motifs is 2. The Bertz CT molecular complexity index is 1400. The van der Waals surface area contributed by atoms with E-state index < -0.39 is 0 Å². The lowest BCUT2D eigenvalue weighted by atomic mass is 10.1. The van der Waals surface area contributed by atoms with Crippen molar-refractivity contribution in [3.8, 4) is 6.07 Å². The molecule has 154 valence electrons. The van der Waals surface area contributed by atoms with Crippen molar-refractivity contribution in [3.63, 3.8) is 0 Å². The van der Waals surface area contributed by atoms with Gasteiger partial charge in [0.25, 0.3) is 0 Å². The highest BCUT2D eigenvalue weighted by Gasteiger charge is 2.28. The molecule has 0 bridgehead atoms. The van der Waals surface area contributed by atoms with Gasteiger partial charge in [0.05, 0.1) is 16.7 Å². The molecular formula is C23H21N7O. The first-order valence-corrected chi connectivity index (χ1v) is 10.2. The average molecular weight is 411 g/mol. The standard InChI is InChI=1S/C23H21N7O/c1-15-14-29(19-7-3-5-16-6-4-10-25-20(16)19)11-12-30(15)22-21-18(28(2)23(31)27-22)9-8-17(13-24)26-21/h3-10,15H,11-12,14H2,1-2H3. The van der Waals surface area contributed by atoms with E-state index in [2.05, 4.69) is 62.0 Å². The Morgan fingerprint density at radius 1 is 1.06 bits per heavy atom. The number of benzene rings is 1. The normalized spacial score (nSPS) is 16.6. The van der Waals surface area contributed by atoms with E-state index in [1.54, 1.807) is 19.2 Å². The summed E-state index contributed by atoms with van der Waals surface area (Å²) in [7, 11) is 1.67. The Kier molecular flexibility index (Phi) is 4.51. The molecule has 8 heteroatoms. The van der Waals surface area contributed by atoms with E-state index in [0.717, 1.165) is 29.7 Å². The Morgan fingerprint density at radius 3 is 2.71 bits per heavy atom. The lowest BCUT2D eigenvalue weighted by Crippen LogP contribution is -2.53. The van der Waals surface area contributed by atoms with Gasteiger partial charge in [-0.3, -0.25) is 9.55 Å². The molecule has 31 heavy (non-hydrogen) atoms. The Hall–Kier alpha value is -3.99. The molecule has 8 nitrogen and oxygen atoms in total. The molecule has 0 spiro atoms. The molecule has 1 saturated heterocycles. The number of rotatable bonds is 2. The summed E-state index contributed by atoms with van der Waals surface area (Å²) in [6.45, 7) is 4.31. The third-order valence-electron chi connectivity index (χ3n) is 5.90. The van der Waals surface area contributed by atoms with Gasteiger partial charge >= 0.3 is 5.69 Å². The van der Waals surface area contributed by atoms with Crippen molar-refractivity contribution in [1.82, 2.24) is 19.5 Å².